The third-order valence-electron chi connectivity index (χ3n) is 3.10. The van der Waals surface area contributed by atoms with Crippen LogP contribution in [0.1, 0.15) is 32.1 Å². The lowest BCUT2D eigenvalue weighted by Crippen LogP contribution is -2.16. The maximum atomic E-state index is 5.63. The molecule has 0 spiro atoms. The molecule has 0 aromatic heterocycles. The van der Waals surface area contributed by atoms with E-state index in [9.17, 15) is 0 Å². The summed E-state index contributed by atoms with van der Waals surface area (Å²) in [6.07, 6.45) is 11.3. The summed E-state index contributed by atoms with van der Waals surface area (Å²) in [5.74, 6) is 0.849. The highest BCUT2D eigenvalue weighted by molar-refractivity contribution is 5.28. The number of nitrogens with two attached hydrogens (primary N) is 1. The third kappa shape index (κ3) is 1.46. The molecule has 0 saturated heterocycles. The lowest BCUT2D eigenvalue weighted by Gasteiger charge is -2.28. The smallest absolute Gasteiger partial charge is 0.0140 e. The molecular formula is C11H17N. The molecule has 0 bridgehead atoms. The zero-order valence-corrected chi connectivity index (χ0v) is 7.55. The van der Waals surface area contributed by atoms with Gasteiger partial charge in [-0.2, -0.15) is 0 Å². The molecule has 1 fully saturated rings. The van der Waals surface area contributed by atoms with Gasteiger partial charge in [0.05, 0.1) is 0 Å². The van der Waals surface area contributed by atoms with E-state index in [2.05, 4.69) is 12.2 Å². The van der Waals surface area contributed by atoms with Gasteiger partial charge in [-0.3, -0.25) is 0 Å². The Morgan fingerprint density at radius 2 is 2.25 bits per heavy atom. The quantitative estimate of drug-likeness (QED) is 0.631. The number of fused-ring (bicyclic) bond motifs is 1. The van der Waals surface area contributed by atoms with Gasteiger partial charge in [0.15, 0.2) is 0 Å². The van der Waals surface area contributed by atoms with E-state index in [4.69, 9.17) is 5.73 Å². The molecule has 2 N–H and O–H groups in total. The SMILES string of the molecule is NCC1=CC=C2CCCC[C@@H]2C1. The van der Waals surface area contributed by atoms with Crippen molar-refractivity contribution in [3.8, 4) is 0 Å². The van der Waals surface area contributed by atoms with Gasteiger partial charge in [-0.1, -0.05) is 29.7 Å². The van der Waals surface area contributed by atoms with Gasteiger partial charge >= 0.3 is 0 Å². The van der Waals surface area contributed by atoms with Crippen molar-refractivity contribution in [2.75, 3.05) is 6.54 Å². The van der Waals surface area contributed by atoms with Crippen molar-refractivity contribution in [2.45, 2.75) is 32.1 Å². The maximum absolute atomic E-state index is 5.63. The summed E-state index contributed by atoms with van der Waals surface area (Å²) in [5.41, 5.74) is 8.74. The summed E-state index contributed by atoms with van der Waals surface area (Å²) in [7, 11) is 0. The standard InChI is InChI=1S/C11H17N/c12-8-9-5-6-10-3-1-2-4-11(10)7-9/h5-6,11H,1-4,7-8,12H2/t11-/m1/s1. The second-order valence-electron chi connectivity index (χ2n) is 3.92. The van der Waals surface area contributed by atoms with Crippen molar-refractivity contribution < 1.29 is 0 Å². The monoisotopic (exact) mass is 163 g/mol. The van der Waals surface area contributed by atoms with Crippen LogP contribution in [0.2, 0.25) is 0 Å². The lowest BCUT2D eigenvalue weighted by atomic mass is 9.77. The van der Waals surface area contributed by atoms with Gasteiger partial charge < -0.3 is 5.73 Å². The predicted molar refractivity (Wildman–Crippen MR) is 51.8 cm³/mol. The highest BCUT2D eigenvalue weighted by atomic mass is 14.5. The van der Waals surface area contributed by atoms with E-state index >= 15 is 0 Å². The van der Waals surface area contributed by atoms with Gasteiger partial charge in [0.1, 0.15) is 0 Å². The predicted octanol–water partition coefficient (Wildman–Crippen LogP) is 2.39. The molecule has 1 saturated carbocycles. The van der Waals surface area contributed by atoms with Crippen molar-refractivity contribution in [2.24, 2.45) is 11.7 Å². The molecular weight excluding hydrogens is 146 g/mol. The fourth-order valence-electron chi connectivity index (χ4n) is 2.32. The number of hydrogen-bond acceptors (Lipinski definition) is 1. The van der Waals surface area contributed by atoms with E-state index in [-0.39, 0.29) is 0 Å². The van der Waals surface area contributed by atoms with E-state index in [1.165, 1.54) is 37.7 Å². The lowest BCUT2D eigenvalue weighted by molar-refractivity contribution is 0.444. The molecule has 2 aliphatic rings. The van der Waals surface area contributed by atoms with Crippen LogP contribution in [0.4, 0.5) is 0 Å². The first-order valence-corrected chi connectivity index (χ1v) is 4.98. The second kappa shape index (κ2) is 3.44. The van der Waals surface area contributed by atoms with Crippen molar-refractivity contribution in [1.82, 2.24) is 0 Å². The normalized spacial score (nSPS) is 28.9. The molecule has 0 unspecified atom stereocenters. The first-order chi connectivity index (χ1) is 5.90. The molecule has 0 aliphatic heterocycles. The van der Waals surface area contributed by atoms with Crippen molar-refractivity contribution in [1.29, 1.82) is 0 Å². The molecule has 2 aliphatic carbocycles. The maximum Gasteiger partial charge on any atom is 0.0140 e. The Labute approximate surface area is 74.3 Å². The topological polar surface area (TPSA) is 26.0 Å². The van der Waals surface area contributed by atoms with Crippen molar-refractivity contribution >= 4 is 0 Å². The Kier molecular flexibility index (Phi) is 2.31. The first-order valence-electron chi connectivity index (χ1n) is 4.98. The molecule has 0 aromatic carbocycles. The van der Waals surface area contributed by atoms with Crippen LogP contribution >= 0.6 is 0 Å². The molecule has 2 rings (SSSR count). The summed E-state index contributed by atoms with van der Waals surface area (Å²) in [4.78, 5) is 0. The Morgan fingerprint density at radius 1 is 1.33 bits per heavy atom. The van der Waals surface area contributed by atoms with Gasteiger partial charge in [-0.15, -0.1) is 0 Å². The molecule has 1 nitrogen and oxygen atoms in total. The van der Waals surface area contributed by atoms with Crippen LogP contribution in [0.15, 0.2) is 23.3 Å². The van der Waals surface area contributed by atoms with Crippen LogP contribution in [-0.2, 0) is 0 Å². The van der Waals surface area contributed by atoms with Crippen molar-refractivity contribution in [3.05, 3.63) is 23.3 Å². The Morgan fingerprint density at radius 3 is 3.08 bits per heavy atom. The van der Waals surface area contributed by atoms with E-state index in [0.717, 1.165) is 12.5 Å². The zero-order chi connectivity index (χ0) is 8.39. The zero-order valence-electron chi connectivity index (χ0n) is 7.55. The van der Waals surface area contributed by atoms with Gasteiger partial charge in [0, 0.05) is 6.54 Å². The van der Waals surface area contributed by atoms with Crippen LogP contribution in [0, 0.1) is 5.92 Å². The highest BCUT2D eigenvalue weighted by Gasteiger charge is 2.21. The molecule has 12 heavy (non-hydrogen) atoms. The molecule has 1 atom stereocenters. The minimum Gasteiger partial charge on any atom is -0.327 e. The highest BCUT2D eigenvalue weighted by Crippen LogP contribution is 2.36. The fraction of sp³-hybridized carbons (Fsp3) is 0.636. The first kappa shape index (κ1) is 8.06. The van der Waals surface area contributed by atoms with Crippen LogP contribution in [0.25, 0.3) is 0 Å². The van der Waals surface area contributed by atoms with E-state index in [0.29, 0.717) is 0 Å². The van der Waals surface area contributed by atoms with Crippen LogP contribution in [-0.4, -0.2) is 6.54 Å². The van der Waals surface area contributed by atoms with Crippen LogP contribution in [0.5, 0.6) is 0 Å². The summed E-state index contributed by atoms with van der Waals surface area (Å²) >= 11 is 0. The van der Waals surface area contributed by atoms with E-state index in [1.807, 2.05) is 0 Å². The molecule has 0 heterocycles. The number of hydrogen-bond donors (Lipinski definition) is 1. The molecule has 0 aromatic rings. The van der Waals surface area contributed by atoms with Gasteiger partial charge in [-0.05, 0) is 31.6 Å². The van der Waals surface area contributed by atoms with Gasteiger partial charge in [0.2, 0.25) is 0 Å². The van der Waals surface area contributed by atoms with Gasteiger partial charge in [0.25, 0.3) is 0 Å². The summed E-state index contributed by atoms with van der Waals surface area (Å²) in [6.45, 7) is 0.750. The van der Waals surface area contributed by atoms with E-state index < -0.39 is 0 Å². The number of allylic oxidation sites excluding steroid dienone is 3. The fourth-order valence-corrected chi connectivity index (χ4v) is 2.32. The van der Waals surface area contributed by atoms with Crippen LogP contribution < -0.4 is 5.73 Å². The average Bonchev–Trinajstić information content (AvgIpc) is 2.17. The molecule has 0 amide bonds. The summed E-state index contributed by atoms with van der Waals surface area (Å²) in [5, 5.41) is 0. The molecule has 0 radical (unpaired) electrons. The number of rotatable bonds is 1. The summed E-state index contributed by atoms with van der Waals surface area (Å²) in [6, 6.07) is 0. The largest absolute Gasteiger partial charge is 0.327 e. The average molecular weight is 163 g/mol. The summed E-state index contributed by atoms with van der Waals surface area (Å²) < 4.78 is 0. The van der Waals surface area contributed by atoms with E-state index in [1.54, 1.807) is 5.57 Å². The van der Waals surface area contributed by atoms with Crippen LogP contribution in [0.3, 0.4) is 0 Å². The third-order valence-corrected chi connectivity index (χ3v) is 3.10. The molecule has 66 valence electrons. The molecule has 1 heteroatoms. The second-order valence-corrected chi connectivity index (χ2v) is 3.92. The Bertz CT molecular complexity index is 225. The minimum absolute atomic E-state index is 0.750. The van der Waals surface area contributed by atoms with Gasteiger partial charge in [-0.25, -0.2) is 0 Å². The Balaban J connectivity index is 2.12. The van der Waals surface area contributed by atoms with Crippen molar-refractivity contribution in [3.63, 3.8) is 0 Å². The Hall–Kier alpha value is -0.560. The minimum atomic E-state index is 0.750.